The van der Waals surface area contributed by atoms with E-state index in [1.807, 2.05) is 6.07 Å². The molecule has 2 heteroatoms. The molecule has 102 valence electrons. The van der Waals surface area contributed by atoms with Gasteiger partial charge in [0.05, 0.1) is 11.2 Å². The predicted octanol–water partition coefficient (Wildman–Crippen LogP) is 4.60. The van der Waals surface area contributed by atoms with Gasteiger partial charge in [0.2, 0.25) is 0 Å². The second-order valence-electron chi connectivity index (χ2n) is 7.12. The average molecular weight is 256 g/mol. The maximum atomic E-state index is 4.83. The van der Waals surface area contributed by atoms with Crippen LogP contribution in [0.4, 0.5) is 0 Å². The molecule has 0 fully saturated rings. The Kier molecular flexibility index (Phi) is 3.29. The largest absolute Gasteiger partial charge is 0.267 e. The zero-order valence-electron chi connectivity index (χ0n) is 12.9. The van der Waals surface area contributed by atoms with Crippen molar-refractivity contribution in [1.82, 2.24) is 9.78 Å². The Morgan fingerprint density at radius 2 is 1.47 bits per heavy atom. The number of hydrogen-bond acceptors (Lipinski definition) is 1. The molecule has 0 atom stereocenters. The van der Waals surface area contributed by atoms with Gasteiger partial charge in [0.15, 0.2) is 0 Å². The van der Waals surface area contributed by atoms with E-state index in [-0.39, 0.29) is 11.0 Å². The number of rotatable bonds is 1. The van der Waals surface area contributed by atoms with Gasteiger partial charge in [-0.25, -0.2) is 0 Å². The third kappa shape index (κ3) is 2.89. The lowest BCUT2D eigenvalue weighted by atomic mass is 9.86. The molecule has 1 heterocycles. The summed E-state index contributed by atoms with van der Waals surface area (Å²) in [4.78, 5) is 0. The fraction of sp³-hybridized carbons (Fsp3) is 0.471. The van der Waals surface area contributed by atoms with Gasteiger partial charge < -0.3 is 0 Å². The van der Waals surface area contributed by atoms with Crippen LogP contribution in [0.25, 0.3) is 11.3 Å². The van der Waals surface area contributed by atoms with Crippen LogP contribution in [0.15, 0.2) is 36.5 Å². The van der Waals surface area contributed by atoms with Gasteiger partial charge in [0, 0.05) is 17.3 Å². The van der Waals surface area contributed by atoms with Crippen LogP contribution >= 0.6 is 0 Å². The summed E-state index contributed by atoms with van der Waals surface area (Å²) in [6.07, 6.45) is 2.20. The Hall–Kier alpha value is -1.57. The monoisotopic (exact) mass is 256 g/mol. The molecule has 0 amide bonds. The van der Waals surface area contributed by atoms with E-state index in [2.05, 4.69) is 76.7 Å². The maximum Gasteiger partial charge on any atom is 0.0960 e. The van der Waals surface area contributed by atoms with E-state index >= 15 is 0 Å². The average Bonchev–Trinajstić information content (AvgIpc) is 2.74. The van der Waals surface area contributed by atoms with Crippen molar-refractivity contribution in [2.24, 2.45) is 0 Å². The fourth-order valence-corrected chi connectivity index (χ4v) is 2.08. The molecule has 2 rings (SSSR count). The SMILES string of the molecule is CC(C)(C)c1cn(C(C)(C)C)nc1-c1ccccc1. The summed E-state index contributed by atoms with van der Waals surface area (Å²) in [6, 6.07) is 10.4. The lowest BCUT2D eigenvalue weighted by molar-refractivity contribution is 0.355. The molecular weight excluding hydrogens is 232 g/mol. The smallest absolute Gasteiger partial charge is 0.0960 e. The Balaban J connectivity index is 2.63. The topological polar surface area (TPSA) is 17.8 Å². The Morgan fingerprint density at radius 1 is 0.895 bits per heavy atom. The molecule has 1 aromatic carbocycles. The van der Waals surface area contributed by atoms with Crippen LogP contribution < -0.4 is 0 Å². The van der Waals surface area contributed by atoms with Crippen molar-refractivity contribution >= 4 is 0 Å². The molecule has 1 aromatic heterocycles. The van der Waals surface area contributed by atoms with Crippen LogP contribution in [0.3, 0.4) is 0 Å². The highest BCUT2D eigenvalue weighted by Gasteiger charge is 2.25. The van der Waals surface area contributed by atoms with Gasteiger partial charge in [-0.3, -0.25) is 4.68 Å². The van der Waals surface area contributed by atoms with Gasteiger partial charge in [-0.05, 0) is 26.2 Å². The highest BCUT2D eigenvalue weighted by Crippen LogP contribution is 2.33. The molecule has 0 bridgehead atoms. The molecule has 0 saturated heterocycles. The van der Waals surface area contributed by atoms with Crippen LogP contribution in [0.2, 0.25) is 0 Å². The second-order valence-corrected chi connectivity index (χ2v) is 7.12. The predicted molar refractivity (Wildman–Crippen MR) is 81.4 cm³/mol. The van der Waals surface area contributed by atoms with Crippen LogP contribution in [0, 0.1) is 0 Å². The van der Waals surface area contributed by atoms with E-state index in [0.29, 0.717) is 0 Å². The summed E-state index contributed by atoms with van der Waals surface area (Å²) < 4.78 is 2.08. The van der Waals surface area contributed by atoms with Crippen LogP contribution in [-0.2, 0) is 11.0 Å². The minimum atomic E-state index is 0.00697. The molecule has 0 unspecified atom stereocenters. The first kappa shape index (κ1) is 13.9. The van der Waals surface area contributed by atoms with Gasteiger partial charge >= 0.3 is 0 Å². The third-order valence-corrected chi connectivity index (χ3v) is 3.26. The highest BCUT2D eigenvalue weighted by molar-refractivity contribution is 5.64. The van der Waals surface area contributed by atoms with Gasteiger partial charge in [-0.2, -0.15) is 5.10 Å². The van der Waals surface area contributed by atoms with Gasteiger partial charge in [-0.1, -0.05) is 51.1 Å². The standard InChI is InChI=1S/C17H24N2/c1-16(2,3)14-12-19(17(4,5)6)18-15(14)13-10-8-7-9-11-13/h7-12H,1-6H3. The summed E-state index contributed by atoms with van der Waals surface area (Å²) in [5.74, 6) is 0. The second kappa shape index (κ2) is 4.52. The van der Waals surface area contributed by atoms with Crippen molar-refractivity contribution in [1.29, 1.82) is 0 Å². The Bertz CT molecular complexity index is 551. The molecule has 0 N–H and O–H groups in total. The van der Waals surface area contributed by atoms with Crippen molar-refractivity contribution in [3.63, 3.8) is 0 Å². The van der Waals surface area contributed by atoms with Crippen molar-refractivity contribution in [3.8, 4) is 11.3 Å². The zero-order chi connectivity index (χ0) is 14.3. The summed E-state index contributed by atoms with van der Waals surface area (Å²) >= 11 is 0. The quantitative estimate of drug-likeness (QED) is 0.729. The number of hydrogen-bond donors (Lipinski definition) is 0. The lowest BCUT2D eigenvalue weighted by Crippen LogP contribution is -2.22. The first-order valence-corrected chi connectivity index (χ1v) is 6.85. The van der Waals surface area contributed by atoms with E-state index in [1.54, 1.807) is 0 Å². The van der Waals surface area contributed by atoms with E-state index in [9.17, 15) is 0 Å². The highest BCUT2D eigenvalue weighted by atomic mass is 15.3. The number of benzene rings is 1. The summed E-state index contributed by atoms with van der Waals surface area (Å²) in [7, 11) is 0. The maximum absolute atomic E-state index is 4.83. The van der Waals surface area contributed by atoms with Crippen LogP contribution in [-0.4, -0.2) is 9.78 Å². The zero-order valence-corrected chi connectivity index (χ0v) is 12.9. The van der Waals surface area contributed by atoms with E-state index in [1.165, 1.54) is 11.1 Å². The molecule has 0 radical (unpaired) electrons. The van der Waals surface area contributed by atoms with Gasteiger partial charge in [0.25, 0.3) is 0 Å². The molecule has 0 aliphatic carbocycles. The van der Waals surface area contributed by atoms with Crippen LogP contribution in [0.1, 0.15) is 47.1 Å². The molecule has 0 spiro atoms. The summed E-state index contributed by atoms with van der Waals surface area (Å²) in [5, 5.41) is 4.83. The normalized spacial score (nSPS) is 12.7. The van der Waals surface area contributed by atoms with Crippen molar-refractivity contribution < 1.29 is 0 Å². The minimum absolute atomic E-state index is 0.00697. The number of nitrogens with zero attached hydrogens (tertiary/aromatic N) is 2. The van der Waals surface area contributed by atoms with E-state index in [0.717, 1.165) is 5.69 Å². The first-order chi connectivity index (χ1) is 8.69. The molecule has 0 aliphatic rings. The van der Waals surface area contributed by atoms with Gasteiger partial charge in [0.1, 0.15) is 0 Å². The lowest BCUT2D eigenvalue weighted by Gasteiger charge is -2.20. The summed E-state index contributed by atoms with van der Waals surface area (Å²) in [5.41, 5.74) is 3.69. The molecule has 0 saturated carbocycles. The summed E-state index contributed by atoms with van der Waals surface area (Å²) in [6.45, 7) is 13.3. The number of aromatic nitrogens is 2. The molecule has 19 heavy (non-hydrogen) atoms. The van der Waals surface area contributed by atoms with E-state index in [4.69, 9.17) is 5.10 Å². The fourth-order valence-electron chi connectivity index (χ4n) is 2.08. The third-order valence-electron chi connectivity index (χ3n) is 3.26. The molecule has 2 nitrogen and oxygen atoms in total. The Labute approximate surface area is 116 Å². The minimum Gasteiger partial charge on any atom is -0.267 e. The van der Waals surface area contributed by atoms with Crippen molar-refractivity contribution in [3.05, 3.63) is 42.1 Å². The first-order valence-electron chi connectivity index (χ1n) is 6.85. The van der Waals surface area contributed by atoms with Crippen molar-refractivity contribution in [2.45, 2.75) is 52.5 Å². The Morgan fingerprint density at radius 3 is 1.95 bits per heavy atom. The molecule has 0 aliphatic heterocycles. The van der Waals surface area contributed by atoms with Crippen LogP contribution in [0.5, 0.6) is 0 Å². The van der Waals surface area contributed by atoms with Crippen molar-refractivity contribution in [2.75, 3.05) is 0 Å². The van der Waals surface area contributed by atoms with Gasteiger partial charge in [-0.15, -0.1) is 0 Å². The molecular formula is C17H24N2. The molecule has 2 aromatic rings. The van der Waals surface area contributed by atoms with E-state index < -0.39 is 0 Å².